The second kappa shape index (κ2) is 6.90. The molecule has 0 bridgehead atoms. The van der Waals surface area contributed by atoms with Gasteiger partial charge in [-0.15, -0.1) is 0 Å². The van der Waals surface area contributed by atoms with Gasteiger partial charge in [0.05, 0.1) is 30.1 Å². The number of ether oxygens (including phenoxy) is 1. The molecular formula is C18H19N5O2. The molecule has 128 valence electrons. The van der Waals surface area contributed by atoms with E-state index in [1.165, 1.54) is 0 Å². The summed E-state index contributed by atoms with van der Waals surface area (Å²) in [4.78, 5) is 12.7. The number of imidazole rings is 1. The predicted octanol–water partition coefficient (Wildman–Crippen LogP) is 2.17. The van der Waals surface area contributed by atoms with Crippen LogP contribution in [0.3, 0.4) is 0 Å². The molecule has 0 unspecified atom stereocenters. The Bertz CT molecular complexity index is 827. The Morgan fingerprint density at radius 1 is 1.16 bits per heavy atom. The van der Waals surface area contributed by atoms with Gasteiger partial charge in [0.25, 0.3) is 0 Å². The quantitative estimate of drug-likeness (QED) is 0.759. The minimum absolute atomic E-state index is 0.146. The predicted molar refractivity (Wildman–Crippen MR) is 92.8 cm³/mol. The lowest BCUT2D eigenvalue weighted by molar-refractivity contribution is 0.155. The van der Waals surface area contributed by atoms with E-state index in [0.717, 1.165) is 31.6 Å². The van der Waals surface area contributed by atoms with Gasteiger partial charge in [-0.2, -0.15) is 0 Å². The van der Waals surface area contributed by atoms with Crippen LogP contribution < -0.4 is 10.1 Å². The van der Waals surface area contributed by atoms with Crippen LogP contribution >= 0.6 is 0 Å². The van der Waals surface area contributed by atoms with Crippen LogP contribution in [-0.2, 0) is 0 Å². The molecule has 2 N–H and O–H groups in total. The van der Waals surface area contributed by atoms with E-state index < -0.39 is 0 Å². The fourth-order valence-corrected chi connectivity index (χ4v) is 2.91. The molecule has 3 heterocycles. The van der Waals surface area contributed by atoms with Crippen LogP contribution in [0.25, 0.3) is 16.9 Å². The molecule has 0 spiro atoms. The van der Waals surface area contributed by atoms with Gasteiger partial charge in [-0.3, -0.25) is 0 Å². The standard InChI is InChI=1S/C18H19N5O2/c24-17-9-13(23-8-7-20-12-23)1-2-15(17)16-10-22-18(11-21-16)25-14-3-5-19-6-4-14/h1-2,7-12,14,19,24H,3-6H2. The third kappa shape index (κ3) is 3.46. The zero-order valence-corrected chi connectivity index (χ0v) is 13.7. The maximum absolute atomic E-state index is 10.3. The number of phenols is 1. The van der Waals surface area contributed by atoms with Gasteiger partial charge in [-0.1, -0.05) is 0 Å². The normalized spacial score (nSPS) is 15.2. The fraction of sp³-hybridized carbons (Fsp3) is 0.278. The largest absolute Gasteiger partial charge is 0.507 e. The van der Waals surface area contributed by atoms with E-state index in [2.05, 4.69) is 20.3 Å². The second-order valence-corrected chi connectivity index (χ2v) is 5.98. The van der Waals surface area contributed by atoms with Gasteiger partial charge >= 0.3 is 0 Å². The number of nitrogens with one attached hydrogen (secondary N) is 1. The smallest absolute Gasteiger partial charge is 0.232 e. The third-order valence-electron chi connectivity index (χ3n) is 4.26. The van der Waals surface area contributed by atoms with Crippen LogP contribution in [0.2, 0.25) is 0 Å². The molecule has 1 aromatic carbocycles. The Morgan fingerprint density at radius 2 is 2.04 bits per heavy atom. The Balaban J connectivity index is 1.51. The van der Waals surface area contributed by atoms with Crippen LogP contribution in [0, 0.1) is 0 Å². The number of piperidine rings is 1. The van der Waals surface area contributed by atoms with Crippen molar-refractivity contribution in [3.8, 4) is 28.6 Å². The minimum Gasteiger partial charge on any atom is -0.507 e. The Labute approximate surface area is 145 Å². The fourth-order valence-electron chi connectivity index (χ4n) is 2.91. The lowest BCUT2D eigenvalue weighted by Gasteiger charge is -2.23. The first-order chi connectivity index (χ1) is 12.3. The molecule has 0 aliphatic carbocycles. The summed E-state index contributed by atoms with van der Waals surface area (Å²) in [7, 11) is 0. The molecule has 0 radical (unpaired) electrons. The van der Waals surface area contributed by atoms with Crippen molar-refractivity contribution in [1.82, 2.24) is 24.8 Å². The summed E-state index contributed by atoms with van der Waals surface area (Å²) in [6.07, 6.45) is 10.6. The summed E-state index contributed by atoms with van der Waals surface area (Å²) in [6.45, 7) is 1.93. The van der Waals surface area contributed by atoms with Gasteiger partial charge in [0.1, 0.15) is 11.9 Å². The zero-order valence-electron chi connectivity index (χ0n) is 13.7. The Kier molecular flexibility index (Phi) is 4.30. The van der Waals surface area contributed by atoms with Crippen molar-refractivity contribution in [2.24, 2.45) is 0 Å². The van der Waals surface area contributed by atoms with Crippen LogP contribution in [0.15, 0.2) is 49.3 Å². The molecule has 0 amide bonds. The van der Waals surface area contributed by atoms with E-state index in [1.54, 1.807) is 31.0 Å². The van der Waals surface area contributed by atoms with Gasteiger partial charge in [-0.05, 0) is 38.1 Å². The van der Waals surface area contributed by atoms with Crippen molar-refractivity contribution < 1.29 is 9.84 Å². The molecule has 4 rings (SSSR count). The first-order valence-electron chi connectivity index (χ1n) is 8.31. The van der Waals surface area contributed by atoms with E-state index in [1.807, 2.05) is 22.9 Å². The zero-order chi connectivity index (χ0) is 17.1. The van der Waals surface area contributed by atoms with E-state index in [9.17, 15) is 5.11 Å². The van der Waals surface area contributed by atoms with Crippen molar-refractivity contribution in [2.45, 2.75) is 18.9 Å². The van der Waals surface area contributed by atoms with Crippen LogP contribution in [0.4, 0.5) is 0 Å². The highest BCUT2D eigenvalue weighted by molar-refractivity contribution is 5.68. The molecule has 1 aliphatic rings. The summed E-state index contributed by atoms with van der Waals surface area (Å²) >= 11 is 0. The van der Waals surface area contributed by atoms with Crippen molar-refractivity contribution >= 4 is 0 Å². The minimum atomic E-state index is 0.146. The molecule has 1 saturated heterocycles. The lowest BCUT2D eigenvalue weighted by atomic mass is 10.1. The van der Waals surface area contributed by atoms with Crippen molar-refractivity contribution in [3.05, 3.63) is 49.3 Å². The molecule has 7 nitrogen and oxygen atoms in total. The summed E-state index contributed by atoms with van der Waals surface area (Å²) in [6, 6.07) is 5.40. The molecule has 2 aromatic heterocycles. The van der Waals surface area contributed by atoms with Gasteiger partial charge in [0, 0.05) is 24.0 Å². The first kappa shape index (κ1) is 15.6. The topological polar surface area (TPSA) is 85.1 Å². The van der Waals surface area contributed by atoms with Crippen molar-refractivity contribution in [2.75, 3.05) is 13.1 Å². The molecule has 0 atom stereocenters. The Morgan fingerprint density at radius 3 is 2.72 bits per heavy atom. The number of rotatable bonds is 4. The SMILES string of the molecule is Oc1cc(-n2ccnc2)ccc1-c1cnc(OC2CCNCC2)cn1. The molecule has 7 heteroatoms. The van der Waals surface area contributed by atoms with Gasteiger partial charge < -0.3 is 19.7 Å². The summed E-state index contributed by atoms with van der Waals surface area (Å²) in [5.41, 5.74) is 2.06. The average Bonchev–Trinajstić information content (AvgIpc) is 3.18. The monoisotopic (exact) mass is 337 g/mol. The number of nitrogens with zero attached hydrogens (tertiary/aromatic N) is 4. The highest BCUT2D eigenvalue weighted by Crippen LogP contribution is 2.30. The number of benzene rings is 1. The molecule has 0 saturated carbocycles. The van der Waals surface area contributed by atoms with Gasteiger partial charge in [0.2, 0.25) is 5.88 Å². The van der Waals surface area contributed by atoms with E-state index >= 15 is 0 Å². The Hall–Kier alpha value is -2.93. The van der Waals surface area contributed by atoms with Crippen LogP contribution in [0.1, 0.15) is 12.8 Å². The van der Waals surface area contributed by atoms with E-state index in [0.29, 0.717) is 17.1 Å². The van der Waals surface area contributed by atoms with Crippen LogP contribution in [0.5, 0.6) is 11.6 Å². The van der Waals surface area contributed by atoms with Gasteiger partial charge in [0.15, 0.2) is 0 Å². The second-order valence-electron chi connectivity index (χ2n) is 5.98. The summed E-state index contributed by atoms with van der Waals surface area (Å²) in [5, 5.41) is 13.6. The lowest BCUT2D eigenvalue weighted by Crippen LogP contribution is -2.34. The van der Waals surface area contributed by atoms with Crippen molar-refractivity contribution in [1.29, 1.82) is 0 Å². The van der Waals surface area contributed by atoms with Crippen molar-refractivity contribution in [3.63, 3.8) is 0 Å². The third-order valence-corrected chi connectivity index (χ3v) is 4.26. The number of phenolic OH excluding ortho intramolecular Hbond substituents is 1. The highest BCUT2D eigenvalue weighted by Gasteiger charge is 2.15. The number of aromatic hydroxyl groups is 1. The highest BCUT2D eigenvalue weighted by atomic mass is 16.5. The van der Waals surface area contributed by atoms with E-state index in [4.69, 9.17) is 4.74 Å². The molecule has 1 aliphatic heterocycles. The maximum Gasteiger partial charge on any atom is 0.232 e. The first-order valence-corrected chi connectivity index (χ1v) is 8.31. The molecular weight excluding hydrogens is 318 g/mol. The molecule has 1 fully saturated rings. The van der Waals surface area contributed by atoms with Crippen LogP contribution in [-0.4, -0.2) is 43.8 Å². The number of hydrogen-bond donors (Lipinski definition) is 2. The average molecular weight is 337 g/mol. The molecule has 25 heavy (non-hydrogen) atoms. The summed E-state index contributed by atoms with van der Waals surface area (Å²) < 4.78 is 7.68. The summed E-state index contributed by atoms with van der Waals surface area (Å²) in [5.74, 6) is 0.665. The van der Waals surface area contributed by atoms with Gasteiger partial charge in [-0.25, -0.2) is 15.0 Å². The number of aromatic nitrogens is 4. The molecule has 3 aromatic rings. The van der Waals surface area contributed by atoms with E-state index in [-0.39, 0.29) is 11.9 Å². The number of hydrogen-bond acceptors (Lipinski definition) is 6. The maximum atomic E-state index is 10.3.